The lowest BCUT2D eigenvalue weighted by Gasteiger charge is -2.11. The molecule has 1 aliphatic carbocycles. The summed E-state index contributed by atoms with van der Waals surface area (Å²) < 4.78 is 15.9. The van der Waals surface area contributed by atoms with E-state index in [1.165, 1.54) is 11.8 Å². The number of nitrogens with one attached hydrogen (secondary N) is 1. The van der Waals surface area contributed by atoms with Gasteiger partial charge < -0.3 is 5.32 Å². The average Bonchev–Trinajstić information content (AvgIpc) is 3.20. The van der Waals surface area contributed by atoms with Crippen molar-refractivity contribution in [1.82, 2.24) is 25.5 Å². The van der Waals surface area contributed by atoms with Crippen molar-refractivity contribution in [2.24, 2.45) is 0 Å². The van der Waals surface area contributed by atoms with Crippen LogP contribution in [0.1, 0.15) is 37.4 Å². The van der Waals surface area contributed by atoms with Crippen molar-refractivity contribution in [3.05, 3.63) is 29.6 Å². The van der Waals surface area contributed by atoms with Gasteiger partial charge in [0.15, 0.2) is 0 Å². The van der Waals surface area contributed by atoms with E-state index in [1.54, 1.807) is 16.8 Å². The molecule has 1 fully saturated rings. The summed E-state index contributed by atoms with van der Waals surface area (Å²) >= 11 is 1.28. The zero-order chi connectivity index (χ0) is 14.1. The molecule has 1 aliphatic rings. The lowest BCUT2D eigenvalue weighted by Crippen LogP contribution is -2.12. The molecule has 1 aromatic heterocycles. The number of hydrogen-bond donors (Lipinski definition) is 1. The minimum atomic E-state index is -0.236. The van der Waals surface area contributed by atoms with Crippen LogP contribution in [0.4, 0.5) is 4.39 Å². The van der Waals surface area contributed by atoms with Crippen molar-refractivity contribution in [2.75, 3.05) is 7.05 Å². The summed E-state index contributed by atoms with van der Waals surface area (Å²) in [5.41, 5.74) is 0.927. The molecule has 106 valence electrons. The van der Waals surface area contributed by atoms with Crippen molar-refractivity contribution < 1.29 is 4.39 Å². The second kappa shape index (κ2) is 5.49. The van der Waals surface area contributed by atoms with Crippen molar-refractivity contribution in [3.8, 4) is 0 Å². The van der Waals surface area contributed by atoms with E-state index in [-0.39, 0.29) is 11.9 Å². The zero-order valence-electron chi connectivity index (χ0n) is 11.4. The van der Waals surface area contributed by atoms with Crippen LogP contribution < -0.4 is 5.32 Å². The number of hydrogen-bond acceptors (Lipinski definition) is 5. The molecule has 3 rings (SSSR count). The second-order valence-electron chi connectivity index (χ2n) is 4.94. The highest BCUT2D eigenvalue weighted by Gasteiger charge is 2.28. The number of aromatic nitrogens is 4. The Bertz CT molecular complexity index is 611. The maximum Gasteiger partial charge on any atom is 0.214 e. The molecule has 1 aromatic carbocycles. The fourth-order valence-electron chi connectivity index (χ4n) is 1.94. The fourth-order valence-corrected chi connectivity index (χ4v) is 2.78. The molecule has 0 saturated heterocycles. The van der Waals surface area contributed by atoms with Gasteiger partial charge in [-0.05, 0) is 66.7 Å². The minimum absolute atomic E-state index is 0.125. The Hall–Kier alpha value is -1.47. The van der Waals surface area contributed by atoms with E-state index in [0.717, 1.165) is 18.4 Å². The first-order valence-electron chi connectivity index (χ1n) is 6.61. The van der Waals surface area contributed by atoms with E-state index >= 15 is 0 Å². The Kier molecular flexibility index (Phi) is 3.71. The standard InChI is InChI=1S/C13H16FN5S/c1-8(15-2)9-3-6-12(11(14)7-9)20-13-16-17-18-19(13)10-4-5-10/h3,6-8,10,15H,4-5H2,1-2H3. The third-order valence-electron chi connectivity index (χ3n) is 3.45. The van der Waals surface area contributed by atoms with Gasteiger partial charge in [0.05, 0.1) is 10.9 Å². The maximum absolute atomic E-state index is 14.2. The van der Waals surface area contributed by atoms with E-state index < -0.39 is 0 Å². The number of benzene rings is 1. The predicted octanol–water partition coefficient (Wildman–Crippen LogP) is 2.58. The van der Waals surface area contributed by atoms with Crippen LogP contribution in [0.5, 0.6) is 0 Å². The topological polar surface area (TPSA) is 55.6 Å². The predicted molar refractivity (Wildman–Crippen MR) is 74.1 cm³/mol. The Morgan fingerprint density at radius 2 is 2.25 bits per heavy atom. The molecule has 2 aromatic rings. The Balaban J connectivity index is 1.82. The first kappa shape index (κ1) is 13.5. The molecule has 1 atom stereocenters. The Morgan fingerprint density at radius 1 is 1.45 bits per heavy atom. The van der Waals surface area contributed by atoms with Crippen molar-refractivity contribution >= 4 is 11.8 Å². The Labute approximate surface area is 120 Å². The first-order chi connectivity index (χ1) is 9.69. The third kappa shape index (κ3) is 2.69. The maximum atomic E-state index is 14.2. The van der Waals surface area contributed by atoms with Crippen LogP contribution in [0.2, 0.25) is 0 Å². The van der Waals surface area contributed by atoms with Crippen LogP contribution in [0.25, 0.3) is 0 Å². The van der Waals surface area contributed by atoms with Crippen LogP contribution in [0.15, 0.2) is 28.3 Å². The fraction of sp³-hybridized carbons (Fsp3) is 0.462. The van der Waals surface area contributed by atoms with Crippen molar-refractivity contribution in [1.29, 1.82) is 0 Å². The van der Waals surface area contributed by atoms with Gasteiger partial charge in [0.25, 0.3) is 0 Å². The largest absolute Gasteiger partial charge is 0.313 e. The van der Waals surface area contributed by atoms with Gasteiger partial charge >= 0.3 is 0 Å². The van der Waals surface area contributed by atoms with Gasteiger partial charge in [0.1, 0.15) is 5.82 Å². The molecule has 5 nitrogen and oxygen atoms in total. The monoisotopic (exact) mass is 293 g/mol. The molecule has 20 heavy (non-hydrogen) atoms. The molecule has 0 amide bonds. The van der Waals surface area contributed by atoms with E-state index in [2.05, 4.69) is 20.8 Å². The van der Waals surface area contributed by atoms with Crippen molar-refractivity contribution in [2.45, 2.75) is 41.9 Å². The molecule has 0 spiro atoms. The Morgan fingerprint density at radius 3 is 2.90 bits per heavy atom. The zero-order valence-corrected chi connectivity index (χ0v) is 12.2. The first-order valence-corrected chi connectivity index (χ1v) is 7.43. The summed E-state index contributed by atoms with van der Waals surface area (Å²) in [6.45, 7) is 2.00. The van der Waals surface area contributed by atoms with Crippen LogP contribution in [-0.4, -0.2) is 27.3 Å². The summed E-state index contributed by atoms with van der Waals surface area (Å²) in [4.78, 5) is 0.550. The molecular weight excluding hydrogens is 277 g/mol. The summed E-state index contributed by atoms with van der Waals surface area (Å²) in [7, 11) is 1.86. The molecule has 1 unspecified atom stereocenters. The molecule has 7 heteroatoms. The number of nitrogens with zero attached hydrogens (tertiary/aromatic N) is 4. The molecule has 0 bridgehead atoms. The summed E-state index contributed by atoms with van der Waals surface area (Å²) in [6.07, 6.45) is 2.19. The second-order valence-corrected chi connectivity index (χ2v) is 5.95. The van der Waals surface area contributed by atoms with Crippen molar-refractivity contribution in [3.63, 3.8) is 0 Å². The molecule has 1 N–H and O–H groups in total. The molecule has 1 heterocycles. The molecular formula is C13H16FN5S. The summed E-state index contributed by atoms with van der Waals surface area (Å²) in [5.74, 6) is -0.236. The average molecular weight is 293 g/mol. The van der Waals surface area contributed by atoms with Crippen LogP contribution >= 0.6 is 11.8 Å². The van der Waals surface area contributed by atoms with Crippen LogP contribution in [-0.2, 0) is 0 Å². The van der Waals surface area contributed by atoms with Gasteiger partial charge in [0.2, 0.25) is 5.16 Å². The SMILES string of the molecule is CNC(C)c1ccc(Sc2nnnn2C2CC2)c(F)c1. The van der Waals surface area contributed by atoms with Gasteiger partial charge in [-0.15, -0.1) is 5.10 Å². The summed E-state index contributed by atoms with van der Waals surface area (Å²) in [5, 5.41) is 15.4. The van der Waals surface area contributed by atoms with Gasteiger partial charge in [-0.25, -0.2) is 9.07 Å². The van der Waals surface area contributed by atoms with Crippen LogP contribution in [0, 0.1) is 5.82 Å². The smallest absolute Gasteiger partial charge is 0.214 e. The minimum Gasteiger partial charge on any atom is -0.313 e. The van der Waals surface area contributed by atoms with Gasteiger partial charge in [-0.3, -0.25) is 0 Å². The van der Waals surface area contributed by atoms with Gasteiger partial charge in [-0.1, -0.05) is 6.07 Å². The molecule has 1 saturated carbocycles. The number of rotatable bonds is 5. The van der Waals surface area contributed by atoms with E-state index in [1.807, 2.05) is 20.0 Å². The lowest BCUT2D eigenvalue weighted by atomic mass is 10.1. The van der Waals surface area contributed by atoms with E-state index in [0.29, 0.717) is 16.1 Å². The van der Waals surface area contributed by atoms with Crippen LogP contribution in [0.3, 0.4) is 0 Å². The lowest BCUT2D eigenvalue weighted by molar-refractivity contribution is 0.562. The summed E-state index contributed by atoms with van der Waals surface area (Å²) in [6, 6.07) is 5.79. The molecule has 0 aliphatic heterocycles. The van der Waals surface area contributed by atoms with Gasteiger partial charge in [-0.2, -0.15) is 0 Å². The quantitative estimate of drug-likeness (QED) is 0.918. The highest BCUT2D eigenvalue weighted by molar-refractivity contribution is 7.99. The highest BCUT2D eigenvalue weighted by Crippen LogP contribution is 2.38. The van der Waals surface area contributed by atoms with E-state index in [4.69, 9.17) is 0 Å². The number of halogens is 1. The van der Waals surface area contributed by atoms with E-state index in [9.17, 15) is 4.39 Å². The van der Waals surface area contributed by atoms with Gasteiger partial charge in [0, 0.05) is 6.04 Å². The normalized spacial score (nSPS) is 16.4. The number of tetrazole rings is 1. The third-order valence-corrected chi connectivity index (χ3v) is 4.45. The highest BCUT2D eigenvalue weighted by atomic mass is 32.2. The molecule has 0 radical (unpaired) electrons.